The summed E-state index contributed by atoms with van der Waals surface area (Å²) in [6, 6.07) is 16.1. The number of hydrogen-bond donors (Lipinski definition) is 2. The Hall–Kier alpha value is -3.35. The molecule has 1 saturated carbocycles. The summed E-state index contributed by atoms with van der Waals surface area (Å²) < 4.78 is 5.61. The van der Waals surface area contributed by atoms with Gasteiger partial charge in [0.2, 0.25) is 5.91 Å². The molecule has 2 aliphatic carbocycles. The molecule has 2 amide bonds. The van der Waals surface area contributed by atoms with E-state index in [1.165, 1.54) is 0 Å². The van der Waals surface area contributed by atoms with Crippen molar-refractivity contribution < 1.29 is 24.2 Å². The van der Waals surface area contributed by atoms with Gasteiger partial charge >= 0.3 is 12.1 Å². The first-order valence-electron chi connectivity index (χ1n) is 11.4. The highest BCUT2D eigenvalue weighted by Gasteiger charge is 2.57. The minimum absolute atomic E-state index is 0.0303. The molecule has 2 saturated heterocycles. The zero-order valence-corrected chi connectivity index (χ0v) is 18.8. The van der Waals surface area contributed by atoms with Gasteiger partial charge in [0.15, 0.2) is 0 Å². The van der Waals surface area contributed by atoms with Gasteiger partial charge in [-0.2, -0.15) is 0 Å². The van der Waals surface area contributed by atoms with E-state index >= 15 is 0 Å². The van der Waals surface area contributed by atoms with Crippen LogP contribution in [0.3, 0.4) is 0 Å². The van der Waals surface area contributed by atoms with Crippen molar-refractivity contribution in [1.82, 2.24) is 10.2 Å². The van der Waals surface area contributed by atoms with Crippen molar-refractivity contribution in [3.63, 3.8) is 0 Å². The Morgan fingerprint density at radius 1 is 1.06 bits per heavy atom. The smallest absolute Gasteiger partial charge is 0.407 e. The molecule has 6 rings (SSSR count). The van der Waals surface area contributed by atoms with E-state index in [0.29, 0.717) is 6.54 Å². The van der Waals surface area contributed by atoms with Gasteiger partial charge in [0.1, 0.15) is 6.61 Å². The third kappa shape index (κ3) is 3.75. The summed E-state index contributed by atoms with van der Waals surface area (Å²) in [7, 11) is 0. The molecule has 7 nitrogen and oxygen atoms in total. The van der Waals surface area contributed by atoms with Crippen LogP contribution in [0.15, 0.2) is 48.5 Å². The van der Waals surface area contributed by atoms with E-state index in [-0.39, 0.29) is 36.8 Å². The first-order valence-corrected chi connectivity index (χ1v) is 11.4. The molecular formula is C26H28N2O5. The van der Waals surface area contributed by atoms with Gasteiger partial charge in [0.25, 0.3) is 0 Å². The van der Waals surface area contributed by atoms with Crippen LogP contribution in [0.4, 0.5) is 4.79 Å². The molecule has 2 N–H and O–H groups in total. The summed E-state index contributed by atoms with van der Waals surface area (Å²) in [6.45, 7) is 4.25. The van der Waals surface area contributed by atoms with Crippen LogP contribution < -0.4 is 5.32 Å². The fourth-order valence-corrected chi connectivity index (χ4v) is 5.71. The molecule has 2 aromatic rings. The molecule has 2 bridgehead atoms. The fraction of sp³-hybridized carbons (Fsp3) is 0.423. The summed E-state index contributed by atoms with van der Waals surface area (Å²) in [4.78, 5) is 38.5. The van der Waals surface area contributed by atoms with Crippen molar-refractivity contribution >= 4 is 18.0 Å². The Kier molecular flexibility index (Phi) is 5.15. The maximum absolute atomic E-state index is 12.8. The van der Waals surface area contributed by atoms with E-state index in [4.69, 9.17) is 4.74 Å². The molecule has 0 aromatic heterocycles. The van der Waals surface area contributed by atoms with Gasteiger partial charge in [-0.15, -0.1) is 0 Å². The quantitative estimate of drug-likeness (QED) is 0.704. The number of carboxylic acids is 1. The average molecular weight is 449 g/mol. The van der Waals surface area contributed by atoms with E-state index in [0.717, 1.165) is 28.7 Å². The third-order valence-corrected chi connectivity index (χ3v) is 7.28. The molecule has 172 valence electrons. The van der Waals surface area contributed by atoms with Crippen LogP contribution in [0.25, 0.3) is 11.1 Å². The molecule has 2 aliphatic heterocycles. The Labute approximate surface area is 192 Å². The molecule has 2 aromatic carbocycles. The Bertz CT molecular complexity index is 1080. The van der Waals surface area contributed by atoms with Gasteiger partial charge < -0.3 is 20.1 Å². The number of carbonyl (C=O) groups is 3. The summed E-state index contributed by atoms with van der Waals surface area (Å²) in [6.07, 6.45) is 0.277. The van der Waals surface area contributed by atoms with Gasteiger partial charge in [-0.25, -0.2) is 4.79 Å². The normalized spacial score (nSPS) is 22.8. The molecule has 3 atom stereocenters. The van der Waals surface area contributed by atoms with Crippen molar-refractivity contribution in [3.8, 4) is 11.1 Å². The summed E-state index contributed by atoms with van der Waals surface area (Å²) >= 11 is 0. The van der Waals surface area contributed by atoms with Gasteiger partial charge in [0.05, 0.1) is 5.92 Å². The lowest BCUT2D eigenvalue weighted by atomic mass is 9.74. The van der Waals surface area contributed by atoms with Gasteiger partial charge in [0, 0.05) is 30.5 Å². The number of ether oxygens (including phenoxy) is 1. The molecule has 2 heterocycles. The van der Waals surface area contributed by atoms with Crippen LogP contribution in [0.1, 0.15) is 43.7 Å². The maximum Gasteiger partial charge on any atom is 0.407 e. The van der Waals surface area contributed by atoms with Crippen molar-refractivity contribution in [2.75, 3.05) is 13.2 Å². The van der Waals surface area contributed by atoms with Crippen molar-refractivity contribution in [2.45, 2.75) is 44.2 Å². The topological polar surface area (TPSA) is 95.9 Å². The van der Waals surface area contributed by atoms with Crippen molar-refractivity contribution in [1.29, 1.82) is 0 Å². The number of rotatable bonds is 6. The van der Waals surface area contributed by atoms with Crippen molar-refractivity contribution in [3.05, 3.63) is 59.7 Å². The monoisotopic (exact) mass is 448 g/mol. The van der Waals surface area contributed by atoms with Crippen LogP contribution in [-0.4, -0.2) is 52.7 Å². The number of alkyl carbamates (subject to hydrolysis) is 1. The predicted octanol–water partition coefficient (Wildman–Crippen LogP) is 3.63. The predicted molar refractivity (Wildman–Crippen MR) is 122 cm³/mol. The summed E-state index contributed by atoms with van der Waals surface area (Å²) in [5.41, 5.74) is 3.79. The number of carbonyl (C=O) groups excluding carboxylic acids is 2. The zero-order valence-electron chi connectivity index (χ0n) is 18.8. The fourth-order valence-electron chi connectivity index (χ4n) is 5.71. The Morgan fingerprint density at radius 3 is 2.24 bits per heavy atom. The van der Waals surface area contributed by atoms with E-state index in [1.807, 2.05) is 24.3 Å². The zero-order chi connectivity index (χ0) is 23.3. The average Bonchev–Trinajstić information content (AvgIpc) is 3.42. The molecular weight excluding hydrogens is 420 g/mol. The largest absolute Gasteiger partial charge is 0.481 e. The van der Waals surface area contributed by atoms with Gasteiger partial charge in [-0.1, -0.05) is 48.5 Å². The van der Waals surface area contributed by atoms with Crippen LogP contribution in [0.5, 0.6) is 0 Å². The molecule has 7 heteroatoms. The number of carboxylic acid groups (broad SMARTS) is 1. The van der Waals surface area contributed by atoms with E-state index < -0.39 is 23.5 Å². The maximum atomic E-state index is 12.8. The Morgan fingerprint density at radius 2 is 1.67 bits per heavy atom. The highest BCUT2D eigenvalue weighted by Crippen LogP contribution is 2.47. The number of fused-ring (bicyclic) bond motifs is 4. The summed E-state index contributed by atoms with van der Waals surface area (Å²) in [5, 5.41) is 12.1. The number of nitrogens with zero attached hydrogens (tertiary/aromatic N) is 1. The summed E-state index contributed by atoms with van der Waals surface area (Å²) in [5.74, 6) is -1.39. The lowest BCUT2D eigenvalue weighted by molar-refractivity contribution is -0.148. The van der Waals surface area contributed by atoms with Crippen LogP contribution in [0.2, 0.25) is 0 Å². The minimum Gasteiger partial charge on any atom is -0.481 e. The van der Waals surface area contributed by atoms with E-state index in [9.17, 15) is 19.5 Å². The number of nitrogens with one attached hydrogen (secondary N) is 1. The first kappa shape index (κ1) is 21.5. The molecule has 0 radical (unpaired) electrons. The van der Waals surface area contributed by atoms with Crippen molar-refractivity contribution in [2.24, 2.45) is 11.8 Å². The lowest BCUT2D eigenvalue weighted by Gasteiger charge is -2.34. The number of hydrogen-bond acceptors (Lipinski definition) is 4. The van der Waals surface area contributed by atoms with E-state index in [2.05, 4.69) is 29.6 Å². The highest BCUT2D eigenvalue weighted by atomic mass is 16.5. The molecule has 3 unspecified atom stereocenters. The second kappa shape index (κ2) is 7.90. The van der Waals surface area contributed by atoms with Crippen LogP contribution in [-0.2, 0) is 14.3 Å². The van der Waals surface area contributed by atoms with Crippen LogP contribution in [0, 0.1) is 11.8 Å². The van der Waals surface area contributed by atoms with E-state index in [1.54, 1.807) is 18.7 Å². The second-order valence-electron chi connectivity index (χ2n) is 9.98. The van der Waals surface area contributed by atoms with Gasteiger partial charge in [-0.05, 0) is 48.4 Å². The molecule has 0 spiro atoms. The lowest BCUT2D eigenvalue weighted by Crippen LogP contribution is -2.50. The number of aliphatic carboxylic acids is 1. The standard InChI is InChI=1S/C26H28N2O5/c1-26(2,12-22(29)28-13-15-11-21(28)23(15)24(30)31)27-25(32)33-14-20-18-9-5-3-7-16(18)17-8-4-6-10-19(17)20/h3-10,15,20-21,23H,11-14H2,1-2H3,(H,27,32)(H,30,31). The SMILES string of the molecule is CC(C)(CC(=O)N1CC2CC1C2C(=O)O)NC(=O)OCC1c2ccccc2-c2ccccc21. The Balaban J connectivity index is 1.18. The van der Waals surface area contributed by atoms with Gasteiger partial charge in [-0.3, -0.25) is 9.59 Å². The molecule has 4 aliphatic rings. The number of amides is 2. The highest BCUT2D eigenvalue weighted by molar-refractivity contribution is 5.83. The molecule has 3 fully saturated rings. The second-order valence-corrected chi connectivity index (χ2v) is 9.98. The van der Waals surface area contributed by atoms with Crippen LogP contribution >= 0.6 is 0 Å². The third-order valence-electron chi connectivity index (χ3n) is 7.28. The minimum atomic E-state index is -0.831. The molecule has 33 heavy (non-hydrogen) atoms. The number of benzene rings is 2. The first-order chi connectivity index (χ1) is 15.7.